The summed E-state index contributed by atoms with van der Waals surface area (Å²) < 4.78 is 5.04. The Hall–Kier alpha value is -1.03. The summed E-state index contributed by atoms with van der Waals surface area (Å²) in [7, 11) is 1.77. The topological polar surface area (TPSA) is 58.3 Å². The third-order valence-electron chi connectivity index (χ3n) is 1.83. The van der Waals surface area contributed by atoms with Crippen LogP contribution in [-0.2, 0) is 5.41 Å². The van der Waals surface area contributed by atoms with Crippen LogP contribution in [0.3, 0.4) is 0 Å². The van der Waals surface area contributed by atoms with E-state index in [0.717, 1.165) is 0 Å². The lowest BCUT2D eigenvalue weighted by Crippen LogP contribution is -2.21. The van der Waals surface area contributed by atoms with E-state index in [1.807, 2.05) is 13.8 Å². The number of hydrogen-bond acceptors (Lipinski definition) is 4. The van der Waals surface area contributed by atoms with Gasteiger partial charge in [-0.2, -0.15) is 0 Å². The molecule has 0 bridgehead atoms. The molecule has 4 nitrogen and oxygen atoms in total. The van der Waals surface area contributed by atoms with Crippen molar-refractivity contribution in [2.24, 2.45) is 0 Å². The van der Waals surface area contributed by atoms with Gasteiger partial charge in [0.05, 0.1) is 6.61 Å². The monoisotopic (exact) mass is 170 g/mol. The second kappa shape index (κ2) is 3.15. The minimum absolute atomic E-state index is 0.0470. The molecule has 0 unspecified atom stereocenters. The van der Waals surface area contributed by atoms with Crippen LogP contribution in [0.1, 0.15) is 19.6 Å². The van der Waals surface area contributed by atoms with Crippen molar-refractivity contribution in [1.82, 2.24) is 5.16 Å². The first-order valence-electron chi connectivity index (χ1n) is 3.86. The molecule has 1 aromatic heterocycles. The Morgan fingerprint density at radius 2 is 2.33 bits per heavy atom. The van der Waals surface area contributed by atoms with Gasteiger partial charge in [-0.3, -0.25) is 0 Å². The van der Waals surface area contributed by atoms with E-state index in [9.17, 15) is 0 Å². The molecule has 0 aliphatic rings. The summed E-state index contributed by atoms with van der Waals surface area (Å²) in [5, 5.41) is 15.6. The predicted octanol–water partition coefficient (Wildman–Crippen LogP) is 0.986. The van der Waals surface area contributed by atoms with Crippen molar-refractivity contribution in [3.63, 3.8) is 0 Å². The molecule has 0 fully saturated rings. The second-order valence-corrected chi connectivity index (χ2v) is 3.37. The van der Waals surface area contributed by atoms with Gasteiger partial charge in [-0.05, 0) is 0 Å². The van der Waals surface area contributed by atoms with E-state index in [1.54, 1.807) is 13.1 Å². The van der Waals surface area contributed by atoms with Gasteiger partial charge < -0.3 is 14.9 Å². The second-order valence-electron chi connectivity index (χ2n) is 3.37. The van der Waals surface area contributed by atoms with E-state index in [0.29, 0.717) is 11.6 Å². The Labute approximate surface area is 71.6 Å². The van der Waals surface area contributed by atoms with Crippen LogP contribution in [0.15, 0.2) is 10.6 Å². The third kappa shape index (κ3) is 1.58. The van der Waals surface area contributed by atoms with Crippen LogP contribution >= 0.6 is 0 Å². The first-order valence-corrected chi connectivity index (χ1v) is 3.86. The number of aromatic nitrogens is 1. The number of aliphatic hydroxyl groups is 1. The van der Waals surface area contributed by atoms with Crippen LogP contribution < -0.4 is 5.32 Å². The smallest absolute Gasteiger partial charge is 0.169 e. The van der Waals surface area contributed by atoms with Crippen molar-refractivity contribution in [3.8, 4) is 0 Å². The van der Waals surface area contributed by atoms with Crippen molar-refractivity contribution in [1.29, 1.82) is 0 Å². The molecule has 1 aromatic rings. The van der Waals surface area contributed by atoms with Crippen LogP contribution in [0.4, 0.5) is 5.82 Å². The highest BCUT2D eigenvalue weighted by Crippen LogP contribution is 2.24. The van der Waals surface area contributed by atoms with E-state index in [1.165, 1.54) is 0 Å². The number of aliphatic hydroxyl groups excluding tert-OH is 1. The maximum atomic E-state index is 9.02. The summed E-state index contributed by atoms with van der Waals surface area (Å²) in [6, 6.07) is 1.79. The normalized spacial score (nSPS) is 11.7. The molecule has 0 saturated heterocycles. The fraction of sp³-hybridized carbons (Fsp3) is 0.625. The van der Waals surface area contributed by atoms with Crippen LogP contribution in [0.2, 0.25) is 0 Å². The molecule has 0 amide bonds. The largest absolute Gasteiger partial charge is 0.395 e. The van der Waals surface area contributed by atoms with Crippen molar-refractivity contribution in [3.05, 3.63) is 11.8 Å². The Bertz CT molecular complexity index is 255. The standard InChI is InChI=1S/C8H14N2O2/c1-8(2,5-11)6-4-7(9-3)10-12-6/h4,11H,5H2,1-3H3,(H,9,10). The van der Waals surface area contributed by atoms with E-state index in [4.69, 9.17) is 9.63 Å². The molecule has 4 heteroatoms. The van der Waals surface area contributed by atoms with Crippen molar-refractivity contribution in [2.45, 2.75) is 19.3 Å². The summed E-state index contributed by atoms with van der Waals surface area (Å²) >= 11 is 0. The van der Waals surface area contributed by atoms with E-state index in [-0.39, 0.29) is 12.0 Å². The fourth-order valence-electron chi connectivity index (χ4n) is 0.790. The zero-order chi connectivity index (χ0) is 9.19. The van der Waals surface area contributed by atoms with Gasteiger partial charge in [-0.15, -0.1) is 0 Å². The Kier molecular flexibility index (Phi) is 2.38. The zero-order valence-corrected chi connectivity index (χ0v) is 7.59. The minimum Gasteiger partial charge on any atom is -0.395 e. The van der Waals surface area contributed by atoms with E-state index in [2.05, 4.69) is 10.5 Å². The highest BCUT2D eigenvalue weighted by molar-refractivity contribution is 5.34. The summed E-state index contributed by atoms with van der Waals surface area (Å²) in [5.41, 5.74) is -0.359. The Morgan fingerprint density at radius 3 is 2.75 bits per heavy atom. The maximum Gasteiger partial charge on any atom is 0.169 e. The van der Waals surface area contributed by atoms with Crippen LogP contribution in [0, 0.1) is 0 Å². The maximum absolute atomic E-state index is 9.02. The van der Waals surface area contributed by atoms with Gasteiger partial charge in [0.15, 0.2) is 5.82 Å². The van der Waals surface area contributed by atoms with Crippen molar-refractivity contribution < 1.29 is 9.63 Å². The van der Waals surface area contributed by atoms with E-state index >= 15 is 0 Å². The number of nitrogens with one attached hydrogen (secondary N) is 1. The minimum atomic E-state index is -0.359. The number of anilines is 1. The van der Waals surface area contributed by atoms with Crippen molar-refractivity contribution >= 4 is 5.82 Å². The highest BCUT2D eigenvalue weighted by atomic mass is 16.5. The summed E-state index contributed by atoms with van der Waals surface area (Å²) in [5.74, 6) is 1.38. The van der Waals surface area contributed by atoms with Gasteiger partial charge in [0.1, 0.15) is 5.76 Å². The lowest BCUT2D eigenvalue weighted by Gasteiger charge is -2.16. The van der Waals surface area contributed by atoms with Gasteiger partial charge in [-0.1, -0.05) is 19.0 Å². The van der Waals surface area contributed by atoms with Gasteiger partial charge in [0, 0.05) is 18.5 Å². The molecular formula is C8H14N2O2. The number of nitrogens with zero attached hydrogens (tertiary/aromatic N) is 1. The molecule has 0 atom stereocenters. The van der Waals surface area contributed by atoms with E-state index < -0.39 is 0 Å². The molecule has 1 rings (SSSR count). The molecule has 12 heavy (non-hydrogen) atoms. The molecule has 68 valence electrons. The quantitative estimate of drug-likeness (QED) is 0.710. The van der Waals surface area contributed by atoms with Crippen LogP contribution in [0.25, 0.3) is 0 Å². The Morgan fingerprint density at radius 1 is 1.67 bits per heavy atom. The molecule has 2 N–H and O–H groups in total. The summed E-state index contributed by atoms with van der Waals surface area (Å²) in [6.45, 7) is 3.84. The highest BCUT2D eigenvalue weighted by Gasteiger charge is 2.24. The fourth-order valence-corrected chi connectivity index (χ4v) is 0.790. The number of rotatable bonds is 3. The first kappa shape index (κ1) is 9.06. The Balaban J connectivity index is 2.88. The van der Waals surface area contributed by atoms with Crippen LogP contribution in [0.5, 0.6) is 0 Å². The molecular weight excluding hydrogens is 156 g/mol. The zero-order valence-electron chi connectivity index (χ0n) is 7.59. The van der Waals surface area contributed by atoms with Crippen LogP contribution in [-0.4, -0.2) is 23.9 Å². The number of hydrogen-bond donors (Lipinski definition) is 2. The lowest BCUT2D eigenvalue weighted by molar-refractivity contribution is 0.187. The molecule has 0 radical (unpaired) electrons. The molecule has 0 spiro atoms. The molecule has 1 heterocycles. The van der Waals surface area contributed by atoms with Gasteiger partial charge >= 0.3 is 0 Å². The lowest BCUT2D eigenvalue weighted by atomic mass is 9.92. The molecule has 0 aliphatic heterocycles. The van der Waals surface area contributed by atoms with Crippen molar-refractivity contribution in [2.75, 3.05) is 19.0 Å². The van der Waals surface area contributed by atoms with Gasteiger partial charge in [-0.25, -0.2) is 0 Å². The third-order valence-corrected chi connectivity index (χ3v) is 1.83. The molecule has 0 aromatic carbocycles. The first-order chi connectivity index (χ1) is 5.60. The average molecular weight is 170 g/mol. The molecule has 0 aliphatic carbocycles. The van der Waals surface area contributed by atoms with Gasteiger partial charge in [0.2, 0.25) is 0 Å². The average Bonchev–Trinajstić information content (AvgIpc) is 2.52. The summed E-state index contributed by atoms with van der Waals surface area (Å²) in [6.07, 6.45) is 0. The SMILES string of the molecule is CNc1cc(C(C)(C)CO)on1. The van der Waals surface area contributed by atoms with Gasteiger partial charge in [0.25, 0.3) is 0 Å². The summed E-state index contributed by atoms with van der Waals surface area (Å²) in [4.78, 5) is 0. The predicted molar refractivity (Wildman–Crippen MR) is 46.2 cm³/mol. The molecule has 0 saturated carbocycles.